The average molecular weight is 387 g/mol. The molecule has 3 aromatic rings. The van der Waals surface area contributed by atoms with Crippen LogP contribution in [0.15, 0.2) is 52.3 Å². The summed E-state index contributed by atoms with van der Waals surface area (Å²) in [6, 6.07) is 11.6. The van der Waals surface area contributed by atoms with Crippen molar-refractivity contribution in [3.63, 3.8) is 0 Å². The fourth-order valence-electron chi connectivity index (χ4n) is 2.09. The number of nitrogens with one attached hydrogen (secondary N) is 1. The van der Waals surface area contributed by atoms with E-state index in [9.17, 15) is 19.7 Å². The Kier molecular flexibility index (Phi) is 5.27. The van der Waals surface area contributed by atoms with E-state index >= 15 is 0 Å². The zero-order valence-electron chi connectivity index (χ0n) is 13.9. The number of ether oxygens (including phenoxy) is 1. The van der Waals surface area contributed by atoms with E-state index in [1.54, 1.807) is 5.38 Å². The van der Waals surface area contributed by atoms with Crippen molar-refractivity contribution in [2.45, 2.75) is 13.0 Å². The molecule has 1 N–H and O–H groups in total. The van der Waals surface area contributed by atoms with Gasteiger partial charge in [0.15, 0.2) is 11.2 Å². The summed E-state index contributed by atoms with van der Waals surface area (Å²) in [6.07, 6.45) is -1.15. The summed E-state index contributed by atoms with van der Waals surface area (Å²) in [5.41, 5.74) is 1.62. The van der Waals surface area contributed by atoms with E-state index in [0.717, 1.165) is 17.7 Å². The molecule has 0 spiro atoms. The Labute approximate surface area is 156 Å². The lowest BCUT2D eigenvalue weighted by molar-refractivity contribution is -0.402. The molecule has 0 saturated heterocycles. The van der Waals surface area contributed by atoms with Gasteiger partial charge in [-0.25, -0.2) is 9.78 Å². The van der Waals surface area contributed by atoms with Crippen molar-refractivity contribution in [2.75, 3.05) is 5.32 Å². The van der Waals surface area contributed by atoms with Gasteiger partial charge < -0.3 is 9.15 Å². The van der Waals surface area contributed by atoms with Gasteiger partial charge in [-0.2, -0.15) is 0 Å². The number of hydrogen-bond donors (Lipinski definition) is 1. The fraction of sp³-hybridized carbons (Fsp3) is 0.118. The van der Waals surface area contributed by atoms with Crippen LogP contribution in [0.5, 0.6) is 0 Å². The van der Waals surface area contributed by atoms with Gasteiger partial charge in [-0.3, -0.25) is 20.2 Å². The first-order chi connectivity index (χ1) is 12.9. The molecular weight excluding hydrogens is 374 g/mol. The highest BCUT2D eigenvalue weighted by Crippen LogP contribution is 2.25. The van der Waals surface area contributed by atoms with Gasteiger partial charge in [0.1, 0.15) is 4.92 Å². The predicted molar refractivity (Wildman–Crippen MR) is 96.4 cm³/mol. The van der Waals surface area contributed by atoms with Gasteiger partial charge in [-0.1, -0.05) is 30.3 Å². The number of esters is 1. The summed E-state index contributed by atoms with van der Waals surface area (Å²) in [7, 11) is 0. The lowest BCUT2D eigenvalue weighted by atomic mass is 10.2. The van der Waals surface area contributed by atoms with Crippen LogP contribution in [0, 0.1) is 10.1 Å². The molecule has 0 saturated carbocycles. The molecule has 0 radical (unpaired) electrons. The molecule has 9 nitrogen and oxygen atoms in total. The number of nitrogens with zero attached hydrogens (tertiary/aromatic N) is 2. The molecule has 1 aromatic carbocycles. The number of aromatic nitrogens is 1. The zero-order chi connectivity index (χ0) is 19.4. The second-order valence-corrected chi connectivity index (χ2v) is 6.19. The minimum absolute atomic E-state index is 0.357. The second kappa shape index (κ2) is 7.79. The standard InChI is InChI=1S/C17H13N3O6S/c1-10(25-16(22)13-7-8-14(26-13)20(23)24)15(21)19-17-18-12(9-27-17)11-5-3-2-4-6-11/h2-10H,1H3,(H,18,19,21). The number of furan rings is 1. The monoisotopic (exact) mass is 387 g/mol. The fourth-order valence-corrected chi connectivity index (χ4v) is 2.81. The van der Waals surface area contributed by atoms with Gasteiger partial charge in [0.05, 0.1) is 11.8 Å². The number of hydrogen-bond acceptors (Lipinski definition) is 8. The third-order valence-electron chi connectivity index (χ3n) is 3.43. The van der Waals surface area contributed by atoms with E-state index < -0.39 is 28.8 Å². The summed E-state index contributed by atoms with van der Waals surface area (Å²) in [4.78, 5) is 38.2. The van der Waals surface area contributed by atoms with Crippen LogP contribution < -0.4 is 5.32 Å². The number of anilines is 1. The van der Waals surface area contributed by atoms with E-state index in [1.807, 2.05) is 30.3 Å². The molecule has 1 amide bonds. The minimum atomic E-state index is -1.15. The zero-order valence-corrected chi connectivity index (χ0v) is 14.8. The summed E-state index contributed by atoms with van der Waals surface area (Å²) >= 11 is 1.23. The van der Waals surface area contributed by atoms with Gasteiger partial charge in [-0.05, 0) is 13.0 Å². The van der Waals surface area contributed by atoms with Gasteiger partial charge in [0, 0.05) is 10.9 Å². The third-order valence-corrected chi connectivity index (χ3v) is 4.19. The molecule has 2 heterocycles. The van der Waals surface area contributed by atoms with Crippen LogP contribution in [-0.2, 0) is 9.53 Å². The highest BCUT2D eigenvalue weighted by Gasteiger charge is 2.24. The molecule has 0 fully saturated rings. The number of rotatable bonds is 6. The molecule has 3 rings (SSSR count). The summed E-state index contributed by atoms with van der Waals surface area (Å²) in [6.45, 7) is 1.37. The maximum absolute atomic E-state index is 12.2. The van der Waals surface area contributed by atoms with Gasteiger partial charge in [0.25, 0.3) is 5.91 Å². The van der Waals surface area contributed by atoms with Crippen LogP contribution in [0.25, 0.3) is 11.3 Å². The van der Waals surface area contributed by atoms with Crippen molar-refractivity contribution in [1.29, 1.82) is 0 Å². The molecule has 0 aliphatic heterocycles. The third kappa shape index (κ3) is 4.36. The smallest absolute Gasteiger partial charge is 0.433 e. The van der Waals surface area contributed by atoms with Crippen LogP contribution in [0.3, 0.4) is 0 Å². The molecule has 27 heavy (non-hydrogen) atoms. The van der Waals surface area contributed by atoms with Crippen LogP contribution in [-0.4, -0.2) is 27.9 Å². The highest BCUT2D eigenvalue weighted by molar-refractivity contribution is 7.14. The van der Waals surface area contributed by atoms with Gasteiger partial charge in [0.2, 0.25) is 5.76 Å². The first-order valence-electron chi connectivity index (χ1n) is 7.71. The van der Waals surface area contributed by atoms with E-state index in [4.69, 9.17) is 9.15 Å². The Morgan fingerprint density at radius 3 is 2.67 bits per heavy atom. The van der Waals surface area contributed by atoms with Crippen molar-refractivity contribution in [3.05, 3.63) is 63.7 Å². The molecule has 0 aliphatic rings. The lowest BCUT2D eigenvalue weighted by Crippen LogP contribution is -2.29. The molecule has 0 bridgehead atoms. The molecule has 2 aromatic heterocycles. The van der Waals surface area contributed by atoms with Crippen LogP contribution >= 0.6 is 11.3 Å². The first-order valence-corrected chi connectivity index (χ1v) is 8.59. The quantitative estimate of drug-likeness (QED) is 0.390. The van der Waals surface area contributed by atoms with Crippen LogP contribution in [0.4, 0.5) is 11.0 Å². The molecule has 0 aliphatic carbocycles. The SMILES string of the molecule is CC(OC(=O)c1ccc([N+](=O)[O-])o1)C(=O)Nc1nc(-c2ccccc2)cs1. The van der Waals surface area contributed by atoms with Crippen molar-refractivity contribution in [2.24, 2.45) is 0 Å². The molecule has 1 atom stereocenters. The normalized spacial score (nSPS) is 11.6. The summed E-state index contributed by atoms with van der Waals surface area (Å²) in [5.74, 6) is -2.51. The first kappa shape index (κ1) is 18.3. The lowest BCUT2D eigenvalue weighted by Gasteiger charge is -2.11. The number of carbonyl (C=O) groups excluding carboxylic acids is 2. The van der Waals surface area contributed by atoms with Gasteiger partial charge in [-0.15, -0.1) is 11.3 Å². The Bertz CT molecular complexity index is 981. The van der Waals surface area contributed by atoms with Crippen molar-refractivity contribution in [1.82, 2.24) is 4.98 Å². The number of benzene rings is 1. The Morgan fingerprint density at radius 2 is 2.00 bits per heavy atom. The Morgan fingerprint density at radius 1 is 1.26 bits per heavy atom. The molecule has 10 heteroatoms. The van der Waals surface area contributed by atoms with Crippen LogP contribution in [0.2, 0.25) is 0 Å². The maximum Gasteiger partial charge on any atom is 0.433 e. The van der Waals surface area contributed by atoms with Crippen molar-refractivity contribution < 1.29 is 23.7 Å². The molecule has 1 unspecified atom stereocenters. The largest absolute Gasteiger partial charge is 0.447 e. The topological polar surface area (TPSA) is 125 Å². The average Bonchev–Trinajstić information content (AvgIpc) is 3.32. The second-order valence-electron chi connectivity index (χ2n) is 5.34. The highest BCUT2D eigenvalue weighted by atomic mass is 32.1. The summed E-state index contributed by atoms with van der Waals surface area (Å²) in [5, 5.41) is 15.3. The van der Waals surface area contributed by atoms with Crippen molar-refractivity contribution >= 4 is 34.2 Å². The van der Waals surface area contributed by atoms with E-state index in [-0.39, 0.29) is 5.76 Å². The van der Waals surface area contributed by atoms with Gasteiger partial charge >= 0.3 is 11.9 Å². The predicted octanol–water partition coefficient (Wildman–Crippen LogP) is 3.50. The van der Waals surface area contributed by atoms with E-state index in [0.29, 0.717) is 10.8 Å². The Balaban J connectivity index is 1.60. The number of thiazole rings is 1. The number of nitro groups is 1. The maximum atomic E-state index is 12.2. The molecule has 138 valence electrons. The number of amides is 1. The summed E-state index contributed by atoms with van der Waals surface area (Å²) < 4.78 is 9.71. The van der Waals surface area contributed by atoms with Crippen LogP contribution in [0.1, 0.15) is 17.5 Å². The van der Waals surface area contributed by atoms with Crippen molar-refractivity contribution in [3.8, 4) is 11.3 Å². The number of carbonyl (C=O) groups is 2. The minimum Gasteiger partial charge on any atom is -0.447 e. The van der Waals surface area contributed by atoms with E-state index in [1.165, 1.54) is 18.3 Å². The molecular formula is C17H13N3O6S. The van der Waals surface area contributed by atoms with E-state index in [2.05, 4.69) is 10.3 Å². The Hall–Kier alpha value is -3.53.